The quantitative estimate of drug-likeness (QED) is 0.355. The van der Waals surface area contributed by atoms with Crippen molar-refractivity contribution in [1.82, 2.24) is 5.43 Å². The summed E-state index contributed by atoms with van der Waals surface area (Å²) >= 11 is 1.80. The largest absolute Gasteiger partial charge is 0.271 e. The van der Waals surface area contributed by atoms with E-state index in [2.05, 4.69) is 48.5 Å². The number of thioether (sulfide) groups is 1. The van der Waals surface area contributed by atoms with Gasteiger partial charge in [0.15, 0.2) is 0 Å². The number of aryl methyl sites for hydroxylation is 1. The molecule has 0 aromatic heterocycles. The zero-order chi connectivity index (χ0) is 11.8. The van der Waals surface area contributed by atoms with E-state index >= 15 is 0 Å². The van der Waals surface area contributed by atoms with Gasteiger partial charge in [-0.15, -0.1) is 23.6 Å². The van der Waals surface area contributed by atoms with Crippen LogP contribution in [-0.4, -0.2) is 11.8 Å². The van der Waals surface area contributed by atoms with E-state index in [4.69, 9.17) is 5.84 Å². The molecule has 1 aromatic rings. The maximum Gasteiger partial charge on any atom is 0.0413 e. The number of benzene rings is 1. The molecule has 0 aliphatic heterocycles. The van der Waals surface area contributed by atoms with Gasteiger partial charge in [0.25, 0.3) is 0 Å². The molecule has 1 atom stereocenters. The first kappa shape index (κ1) is 13.1. The fourth-order valence-corrected chi connectivity index (χ4v) is 2.16. The zero-order valence-corrected chi connectivity index (χ0v) is 10.6. The Bertz CT molecular complexity index is 362. The summed E-state index contributed by atoms with van der Waals surface area (Å²) in [6, 6.07) is 8.77. The molecule has 0 spiro atoms. The fourth-order valence-electron chi connectivity index (χ4n) is 1.22. The van der Waals surface area contributed by atoms with Gasteiger partial charge >= 0.3 is 0 Å². The molecule has 0 fully saturated rings. The minimum atomic E-state index is 0.249. The van der Waals surface area contributed by atoms with Gasteiger partial charge in [-0.05, 0) is 26.0 Å². The number of hydrazine groups is 1. The van der Waals surface area contributed by atoms with Crippen LogP contribution in [0.4, 0.5) is 0 Å². The van der Waals surface area contributed by atoms with Crippen molar-refractivity contribution in [2.75, 3.05) is 5.75 Å². The van der Waals surface area contributed by atoms with Crippen LogP contribution in [-0.2, 0) is 0 Å². The highest BCUT2D eigenvalue weighted by Crippen LogP contribution is 2.19. The standard InChI is InChI=1S/C13H18N2S/c1-3-4-5-12(15-14)10-16-13-8-6-11(2)7-9-13/h6-9,12,15H,5,10,14H2,1-2H3. The van der Waals surface area contributed by atoms with E-state index < -0.39 is 0 Å². The van der Waals surface area contributed by atoms with E-state index in [0.717, 1.165) is 12.2 Å². The van der Waals surface area contributed by atoms with Gasteiger partial charge in [-0.3, -0.25) is 11.3 Å². The van der Waals surface area contributed by atoms with E-state index in [1.54, 1.807) is 11.8 Å². The normalized spacial score (nSPS) is 11.7. The van der Waals surface area contributed by atoms with E-state index in [-0.39, 0.29) is 6.04 Å². The average Bonchev–Trinajstić information content (AvgIpc) is 2.32. The van der Waals surface area contributed by atoms with Crippen molar-refractivity contribution in [2.24, 2.45) is 5.84 Å². The van der Waals surface area contributed by atoms with Crippen molar-refractivity contribution in [3.8, 4) is 11.8 Å². The Hall–Kier alpha value is -0.950. The van der Waals surface area contributed by atoms with Crippen molar-refractivity contribution < 1.29 is 0 Å². The molecule has 1 aromatic carbocycles. The molecule has 0 saturated heterocycles. The molecule has 1 unspecified atom stereocenters. The molecule has 16 heavy (non-hydrogen) atoms. The first-order valence-corrected chi connectivity index (χ1v) is 6.30. The van der Waals surface area contributed by atoms with Crippen LogP contribution < -0.4 is 11.3 Å². The zero-order valence-electron chi connectivity index (χ0n) is 9.79. The summed E-state index contributed by atoms with van der Waals surface area (Å²) in [7, 11) is 0. The molecule has 2 nitrogen and oxygen atoms in total. The van der Waals surface area contributed by atoms with Crippen molar-refractivity contribution in [2.45, 2.75) is 31.2 Å². The van der Waals surface area contributed by atoms with E-state index in [0.29, 0.717) is 0 Å². The van der Waals surface area contributed by atoms with Crippen LogP contribution >= 0.6 is 11.8 Å². The summed E-state index contributed by atoms with van der Waals surface area (Å²) in [5, 5.41) is 0. The van der Waals surface area contributed by atoms with Crippen LogP contribution in [0.5, 0.6) is 0 Å². The Morgan fingerprint density at radius 2 is 2.06 bits per heavy atom. The van der Waals surface area contributed by atoms with Crippen molar-refractivity contribution >= 4 is 11.8 Å². The van der Waals surface area contributed by atoms with Crippen LogP contribution in [0.15, 0.2) is 29.2 Å². The highest BCUT2D eigenvalue weighted by atomic mass is 32.2. The predicted molar refractivity (Wildman–Crippen MR) is 71.1 cm³/mol. The molecule has 3 N–H and O–H groups in total. The van der Waals surface area contributed by atoms with Crippen molar-refractivity contribution in [3.63, 3.8) is 0 Å². The topological polar surface area (TPSA) is 38.0 Å². The maximum atomic E-state index is 5.47. The van der Waals surface area contributed by atoms with E-state index in [1.165, 1.54) is 10.5 Å². The summed E-state index contributed by atoms with van der Waals surface area (Å²) in [6.07, 6.45) is 0.797. The molecule has 0 radical (unpaired) electrons. The molecule has 3 heteroatoms. The SMILES string of the molecule is CC#CCC(CSc1ccc(C)cc1)NN. The van der Waals surface area contributed by atoms with Crippen LogP contribution in [0.2, 0.25) is 0 Å². The molecule has 0 aliphatic carbocycles. The van der Waals surface area contributed by atoms with Gasteiger partial charge in [0, 0.05) is 23.1 Å². The molecular weight excluding hydrogens is 216 g/mol. The molecule has 1 rings (SSSR count). The van der Waals surface area contributed by atoms with Crippen LogP contribution in [0, 0.1) is 18.8 Å². The Labute approximate surface area is 102 Å². The van der Waals surface area contributed by atoms with Crippen molar-refractivity contribution in [3.05, 3.63) is 29.8 Å². The molecule has 0 bridgehead atoms. The Balaban J connectivity index is 2.41. The third kappa shape index (κ3) is 4.71. The molecule has 0 heterocycles. The van der Waals surface area contributed by atoms with Gasteiger partial charge in [-0.1, -0.05) is 17.7 Å². The van der Waals surface area contributed by atoms with E-state index in [9.17, 15) is 0 Å². The Morgan fingerprint density at radius 3 is 2.62 bits per heavy atom. The third-order valence-corrected chi connectivity index (χ3v) is 3.41. The van der Waals surface area contributed by atoms with Gasteiger partial charge in [-0.2, -0.15) is 0 Å². The average molecular weight is 234 g/mol. The molecule has 86 valence electrons. The summed E-state index contributed by atoms with van der Waals surface area (Å²) in [6.45, 7) is 3.94. The van der Waals surface area contributed by atoms with Gasteiger partial charge in [0.1, 0.15) is 0 Å². The first-order valence-electron chi connectivity index (χ1n) is 5.31. The lowest BCUT2D eigenvalue weighted by Crippen LogP contribution is -2.36. The summed E-state index contributed by atoms with van der Waals surface area (Å²) in [5.41, 5.74) is 4.08. The lowest BCUT2D eigenvalue weighted by Gasteiger charge is -2.12. The highest BCUT2D eigenvalue weighted by molar-refractivity contribution is 7.99. The molecular formula is C13H18N2S. The first-order chi connectivity index (χ1) is 7.76. The summed E-state index contributed by atoms with van der Waals surface area (Å²) < 4.78 is 0. The number of nitrogens with two attached hydrogens (primary N) is 1. The highest BCUT2D eigenvalue weighted by Gasteiger charge is 2.05. The number of hydrogen-bond acceptors (Lipinski definition) is 3. The van der Waals surface area contributed by atoms with Crippen LogP contribution in [0.25, 0.3) is 0 Å². The Morgan fingerprint density at radius 1 is 1.38 bits per heavy atom. The summed E-state index contributed by atoms with van der Waals surface area (Å²) in [5.74, 6) is 12.3. The van der Waals surface area contributed by atoms with Crippen molar-refractivity contribution in [1.29, 1.82) is 0 Å². The van der Waals surface area contributed by atoms with Gasteiger partial charge in [0.05, 0.1) is 0 Å². The number of hydrogen-bond donors (Lipinski definition) is 2. The minimum absolute atomic E-state index is 0.249. The second-order valence-corrected chi connectivity index (χ2v) is 4.71. The predicted octanol–water partition coefficient (Wildman–Crippen LogP) is 2.33. The minimum Gasteiger partial charge on any atom is -0.271 e. The maximum absolute atomic E-state index is 5.47. The third-order valence-electron chi connectivity index (χ3n) is 2.23. The molecule has 0 amide bonds. The summed E-state index contributed by atoms with van der Waals surface area (Å²) in [4.78, 5) is 1.27. The number of nitrogens with one attached hydrogen (secondary N) is 1. The van der Waals surface area contributed by atoms with Gasteiger partial charge < -0.3 is 0 Å². The van der Waals surface area contributed by atoms with Gasteiger partial charge in [0.2, 0.25) is 0 Å². The molecule has 0 aliphatic rings. The van der Waals surface area contributed by atoms with Crippen LogP contribution in [0.1, 0.15) is 18.9 Å². The van der Waals surface area contributed by atoms with Gasteiger partial charge in [-0.25, -0.2) is 0 Å². The lowest BCUT2D eigenvalue weighted by atomic mass is 10.2. The molecule has 0 saturated carbocycles. The smallest absolute Gasteiger partial charge is 0.0413 e. The Kier molecular flexibility index (Phi) is 6.02. The fraction of sp³-hybridized carbons (Fsp3) is 0.385. The second kappa shape index (κ2) is 7.34. The number of rotatable bonds is 5. The monoisotopic (exact) mass is 234 g/mol. The van der Waals surface area contributed by atoms with E-state index in [1.807, 2.05) is 6.92 Å². The van der Waals surface area contributed by atoms with Crippen LogP contribution in [0.3, 0.4) is 0 Å². The lowest BCUT2D eigenvalue weighted by molar-refractivity contribution is 0.591. The second-order valence-electron chi connectivity index (χ2n) is 3.62.